The molecule has 110 valence electrons. The zero-order valence-electron chi connectivity index (χ0n) is 12.3. The van der Waals surface area contributed by atoms with Gasteiger partial charge in [0.1, 0.15) is 0 Å². The van der Waals surface area contributed by atoms with Gasteiger partial charge in [0.2, 0.25) is 5.91 Å². The molecule has 0 spiro atoms. The topological polar surface area (TPSA) is 67.6 Å². The van der Waals surface area contributed by atoms with E-state index in [0.29, 0.717) is 12.2 Å². The molecule has 1 saturated heterocycles. The summed E-state index contributed by atoms with van der Waals surface area (Å²) in [6, 6.07) is 5.57. The number of nitrogens with one attached hydrogen (secondary N) is 1. The molecular formula is C15H23N3O2. The standard InChI is InChI=1S/C15H23N3O2/c1-10-4-5-13(6-14(10)16)17-15(19)9-18-7-11(2)20-12(3)8-18/h4-6,11-12H,7-9,16H2,1-3H3,(H,17,19). The Hall–Kier alpha value is -1.59. The Balaban J connectivity index is 1.90. The van der Waals surface area contributed by atoms with E-state index in [1.54, 1.807) is 6.07 Å². The van der Waals surface area contributed by atoms with Gasteiger partial charge in [-0.25, -0.2) is 0 Å². The monoisotopic (exact) mass is 277 g/mol. The summed E-state index contributed by atoms with van der Waals surface area (Å²) in [5, 5.41) is 2.89. The van der Waals surface area contributed by atoms with E-state index < -0.39 is 0 Å². The number of aryl methyl sites for hydroxylation is 1. The highest BCUT2D eigenvalue weighted by atomic mass is 16.5. The first-order valence-electron chi connectivity index (χ1n) is 6.98. The fourth-order valence-electron chi connectivity index (χ4n) is 2.54. The van der Waals surface area contributed by atoms with Gasteiger partial charge in [0, 0.05) is 24.5 Å². The quantitative estimate of drug-likeness (QED) is 0.824. The Morgan fingerprint density at radius 3 is 2.65 bits per heavy atom. The zero-order valence-corrected chi connectivity index (χ0v) is 12.3. The maximum Gasteiger partial charge on any atom is 0.238 e. The van der Waals surface area contributed by atoms with Crippen molar-refractivity contribution in [3.8, 4) is 0 Å². The maximum atomic E-state index is 12.1. The van der Waals surface area contributed by atoms with Crippen LogP contribution in [0.25, 0.3) is 0 Å². The summed E-state index contributed by atoms with van der Waals surface area (Å²) < 4.78 is 5.66. The van der Waals surface area contributed by atoms with E-state index >= 15 is 0 Å². The largest absolute Gasteiger partial charge is 0.398 e. The summed E-state index contributed by atoms with van der Waals surface area (Å²) in [6.45, 7) is 7.95. The Kier molecular flexibility index (Phi) is 4.62. The Bertz CT molecular complexity index is 480. The molecule has 0 aromatic heterocycles. The number of anilines is 2. The molecule has 5 heteroatoms. The summed E-state index contributed by atoms with van der Waals surface area (Å²) in [5.74, 6) is -0.0189. The molecule has 1 amide bonds. The Morgan fingerprint density at radius 2 is 2.05 bits per heavy atom. The lowest BCUT2D eigenvalue weighted by molar-refractivity contribution is -0.121. The van der Waals surface area contributed by atoms with Crippen molar-refractivity contribution in [2.45, 2.75) is 33.0 Å². The molecule has 2 rings (SSSR count). The number of nitrogens with two attached hydrogens (primary N) is 1. The van der Waals surface area contributed by atoms with Crippen LogP contribution < -0.4 is 11.1 Å². The average Bonchev–Trinajstić information content (AvgIpc) is 2.32. The van der Waals surface area contributed by atoms with Gasteiger partial charge in [0.05, 0.1) is 18.8 Å². The summed E-state index contributed by atoms with van der Waals surface area (Å²) in [5.41, 5.74) is 8.29. The predicted octanol–water partition coefficient (Wildman–Crippen LogP) is 1.62. The average molecular weight is 277 g/mol. The molecule has 1 aromatic carbocycles. The number of hydrogen-bond donors (Lipinski definition) is 2. The van der Waals surface area contributed by atoms with Crippen LogP contribution in [-0.2, 0) is 9.53 Å². The second kappa shape index (κ2) is 6.24. The summed E-state index contributed by atoms with van der Waals surface area (Å²) >= 11 is 0. The SMILES string of the molecule is Cc1ccc(NC(=O)CN2CC(C)OC(C)C2)cc1N. The third-order valence-electron chi connectivity index (χ3n) is 3.43. The first kappa shape index (κ1) is 14.8. The van der Waals surface area contributed by atoms with Crippen LogP contribution in [0, 0.1) is 6.92 Å². The number of morpholine rings is 1. The molecule has 2 unspecified atom stereocenters. The Labute approximate surface area is 120 Å². The van der Waals surface area contributed by atoms with Crippen molar-refractivity contribution in [2.75, 3.05) is 30.7 Å². The lowest BCUT2D eigenvalue weighted by Gasteiger charge is -2.34. The molecule has 1 fully saturated rings. The minimum Gasteiger partial charge on any atom is -0.398 e. The van der Waals surface area contributed by atoms with Gasteiger partial charge >= 0.3 is 0 Å². The van der Waals surface area contributed by atoms with E-state index in [0.717, 1.165) is 24.3 Å². The maximum absolute atomic E-state index is 12.1. The van der Waals surface area contributed by atoms with Crippen LogP contribution >= 0.6 is 0 Å². The van der Waals surface area contributed by atoms with E-state index in [2.05, 4.69) is 10.2 Å². The highest BCUT2D eigenvalue weighted by Gasteiger charge is 2.23. The van der Waals surface area contributed by atoms with Gasteiger partial charge in [-0.3, -0.25) is 9.69 Å². The molecule has 1 aliphatic heterocycles. The number of amides is 1. The van der Waals surface area contributed by atoms with Crippen LogP contribution in [0.4, 0.5) is 11.4 Å². The van der Waals surface area contributed by atoms with E-state index in [-0.39, 0.29) is 18.1 Å². The van der Waals surface area contributed by atoms with Gasteiger partial charge in [0.25, 0.3) is 0 Å². The van der Waals surface area contributed by atoms with Crippen molar-refractivity contribution >= 4 is 17.3 Å². The van der Waals surface area contributed by atoms with Crippen LogP contribution in [0.5, 0.6) is 0 Å². The number of rotatable bonds is 3. The van der Waals surface area contributed by atoms with Crippen LogP contribution in [0.15, 0.2) is 18.2 Å². The molecule has 0 aliphatic carbocycles. The van der Waals surface area contributed by atoms with Crippen molar-refractivity contribution in [3.63, 3.8) is 0 Å². The smallest absolute Gasteiger partial charge is 0.238 e. The second-order valence-corrected chi connectivity index (χ2v) is 5.57. The van der Waals surface area contributed by atoms with Crippen LogP contribution in [0.2, 0.25) is 0 Å². The summed E-state index contributed by atoms with van der Waals surface area (Å²) in [4.78, 5) is 14.2. The number of ether oxygens (including phenoxy) is 1. The highest BCUT2D eigenvalue weighted by molar-refractivity contribution is 5.92. The van der Waals surface area contributed by atoms with E-state index in [1.165, 1.54) is 0 Å². The number of hydrogen-bond acceptors (Lipinski definition) is 4. The normalized spacial score (nSPS) is 23.6. The third-order valence-corrected chi connectivity index (χ3v) is 3.43. The van der Waals surface area contributed by atoms with Gasteiger partial charge in [-0.1, -0.05) is 6.07 Å². The third kappa shape index (κ3) is 3.95. The fraction of sp³-hybridized carbons (Fsp3) is 0.533. The van der Waals surface area contributed by atoms with Crippen molar-refractivity contribution < 1.29 is 9.53 Å². The molecule has 0 saturated carbocycles. The van der Waals surface area contributed by atoms with Crippen molar-refractivity contribution in [1.29, 1.82) is 0 Å². The molecule has 20 heavy (non-hydrogen) atoms. The van der Waals surface area contributed by atoms with Crippen molar-refractivity contribution in [3.05, 3.63) is 23.8 Å². The molecule has 1 heterocycles. The number of nitrogen functional groups attached to an aromatic ring is 1. The van der Waals surface area contributed by atoms with E-state index in [4.69, 9.17) is 10.5 Å². The van der Waals surface area contributed by atoms with Crippen LogP contribution in [0.1, 0.15) is 19.4 Å². The molecular weight excluding hydrogens is 254 g/mol. The number of carbonyl (C=O) groups excluding carboxylic acids is 1. The van der Waals surface area contributed by atoms with Crippen molar-refractivity contribution in [1.82, 2.24) is 4.90 Å². The van der Waals surface area contributed by atoms with E-state index in [9.17, 15) is 4.79 Å². The zero-order chi connectivity index (χ0) is 14.7. The molecule has 3 N–H and O–H groups in total. The highest BCUT2D eigenvalue weighted by Crippen LogP contribution is 2.17. The molecule has 1 aromatic rings. The fourth-order valence-corrected chi connectivity index (χ4v) is 2.54. The lowest BCUT2D eigenvalue weighted by atomic mass is 10.2. The van der Waals surface area contributed by atoms with Gasteiger partial charge in [-0.15, -0.1) is 0 Å². The minimum absolute atomic E-state index is 0.0189. The predicted molar refractivity (Wildman–Crippen MR) is 80.7 cm³/mol. The van der Waals surface area contributed by atoms with Gasteiger partial charge in [0.15, 0.2) is 0 Å². The lowest BCUT2D eigenvalue weighted by Crippen LogP contribution is -2.48. The van der Waals surface area contributed by atoms with Crippen LogP contribution in [-0.4, -0.2) is 42.6 Å². The molecule has 1 aliphatic rings. The summed E-state index contributed by atoms with van der Waals surface area (Å²) in [6.07, 6.45) is 0.336. The first-order valence-corrected chi connectivity index (χ1v) is 6.98. The first-order chi connectivity index (χ1) is 9.44. The number of carbonyl (C=O) groups is 1. The number of nitrogens with zero attached hydrogens (tertiary/aromatic N) is 1. The Morgan fingerprint density at radius 1 is 1.40 bits per heavy atom. The molecule has 0 bridgehead atoms. The second-order valence-electron chi connectivity index (χ2n) is 5.57. The molecule has 2 atom stereocenters. The van der Waals surface area contributed by atoms with E-state index in [1.807, 2.05) is 32.9 Å². The van der Waals surface area contributed by atoms with Crippen molar-refractivity contribution in [2.24, 2.45) is 0 Å². The minimum atomic E-state index is -0.0189. The van der Waals surface area contributed by atoms with Crippen LogP contribution in [0.3, 0.4) is 0 Å². The van der Waals surface area contributed by atoms with Gasteiger partial charge < -0.3 is 15.8 Å². The summed E-state index contributed by atoms with van der Waals surface area (Å²) in [7, 11) is 0. The van der Waals surface area contributed by atoms with Gasteiger partial charge in [-0.2, -0.15) is 0 Å². The number of benzene rings is 1. The van der Waals surface area contributed by atoms with Gasteiger partial charge in [-0.05, 0) is 38.5 Å². The molecule has 0 radical (unpaired) electrons. The molecule has 5 nitrogen and oxygen atoms in total.